The summed E-state index contributed by atoms with van der Waals surface area (Å²) < 4.78 is 20.8. The van der Waals surface area contributed by atoms with Gasteiger partial charge in [0.1, 0.15) is 17.0 Å². The number of carbonyl (C=O) groups excluding carboxylic acids is 3. The van der Waals surface area contributed by atoms with E-state index in [0.717, 1.165) is 44.9 Å². The summed E-state index contributed by atoms with van der Waals surface area (Å²) in [6.07, 6.45) is 6.77. The Morgan fingerprint density at radius 1 is 1.07 bits per heavy atom. The van der Waals surface area contributed by atoms with Gasteiger partial charge < -0.3 is 25.8 Å². The number of nitrogens with zero attached hydrogens (tertiary/aromatic N) is 1. The van der Waals surface area contributed by atoms with Gasteiger partial charge in [0.05, 0.1) is 5.56 Å². The Labute approximate surface area is 247 Å². The van der Waals surface area contributed by atoms with Gasteiger partial charge in [-0.3, -0.25) is 9.59 Å². The van der Waals surface area contributed by atoms with E-state index in [0.29, 0.717) is 19.4 Å². The van der Waals surface area contributed by atoms with Crippen LogP contribution in [0.2, 0.25) is 0 Å². The van der Waals surface area contributed by atoms with E-state index in [1.54, 1.807) is 32.6 Å². The van der Waals surface area contributed by atoms with Gasteiger partial charge in [-0.1, -0.05) is 38.2 Å². The van der Waals surface area contributed by atoms with Crippen LogP contribution in [0.15, 0.2) is 18.2 Å². The number of carboxylic acids is 1. The van der Waals surface area contributed by atoms with Crippen molar-refractivity contribution in [3.8, 4) is 0 Å². The molecule has 3 aliphatic rings. The lowest BCUT2D eigenvalue weighted by molar-refractivity contribution is -0.149. The standard InChI is InChI=1S/C32H46FN3O6/c1-31(2,3)42-30(41)35-17-19-13-15-21(16-14-19)27(37)36-18-23(25-22(28(38)39)11-8-12-24(25)33)26(32(36,4)29(34)40)20-9-6-5-7-10-20/h8,11-12,19-21,23,26H,5-7,9-10,13-18H2,1-4H3,(H2,34,40)(H,35,41)(H,38,39)/t19-,21-,23?,26-,32+/m1/s1. The van der Waals surface area contributed by atoms with E-state index < -0.39 is 46.8 Å². The first kappa shape index (κ1) is 31.8. The van der Waals surface area contributed by atoms with Crippen LogP contribution in [-0.2, 0) is 14.3 Å². The van der Waals surface area contributed by atoms with Crippen LogP contribution < -0.4 is 11.1 Å². The molecule has 2 aliphatic carbocycles. The average Bonchev–Trinajstić information content (AvgIpc) is 3.25. The Morgan fingerprint density at radius 3 is 2.29 bits per heavy atom. The van der Waals surface area contributed by atoms with Gasteiger partial charge in [-0.25, -0.2) is 14.0 Å². The zero-order valence-electron chi connectivity index (χ0n) is 25.3. The number of amides is 3. The number of rotatable bonds is 7. The van der Waals surface area contributed by atoms with Crippen molar-refractivity contribution in [2.45, 2.75) is 103 Å². The lowest BCUT2D eigenvalue weighted by Gasteiger charge is -2.43. The van der Waals surface area contributed by atoms with Crippen molar-refractivity contribution < 1.29 is 33.4 Å². The van der Waals surface area contributed by atoms with Crippen LogP contribution in [0.25, 0.3) is 0 Å². The molecule has 4 rings (SSSR count). The highest BCUT2D eigenvalue weighted by Gasteiger charge is 2.60. The lowest BCUT2D eigenvalue weighted by Crippen LogP contribution is -2.59. The Bertz CT molecular complexity index is 1190. The number of carbonyl (C=O) groups is 4. The summed E-state index contributed by atoms with van der Waals surface area (Å²) in [7, 11) is 0. The first-order chi connectivity index (χ1) is 19.7. The Balaban J connectivity index is 1.58. The minimum Gasteiger partial charge on any atom is -0.478 e. The summed E-state index contributed by atoms with van der Waals surface area (Å²) in [6, 6.07) is 4.01. The molecule has 1 saturated heterocycles. The van der Waals surface area contributed by atoms with Crippen molar-refractivity contribution in [1.29, 1.82) is 0 Å². The number of benzene rings is 1. The highest BCUT2D eigenvalue weighted by Crippen LogP contribution is 2.53. The molecule has 42 heavy (non-hydrogen) atoms. The zero-order chi connectivity index (χ0) is 30.8. The second-order valence-corrected chi connectivity index (χ2v) is 13.6. The maximum atomic E-state index is 15.5. The number of primary amides is 1. The maximum absolute atomic E-state index is 15.5. The maximum Gasteiger partial charge on any atom is 0.407 e. The number of nitrogens with two attached hydrogens (primary N) is 1. The fourth-order valence-corrected chi connectivity index (χ4v) is 7.72. The topological polar surface area (TPSA) is 139 Å². The molecule has 1 heterocycles. The molecule has 0 spiro atoms. The molecule has 4 N–H and O–H groups in total. The predicted molar refractivity (Wildman–Crippen MR) is 155 cm³/mol. The van der Waals surface area contributed by atoms with Crippen molar-refractivity contribution in [3.05, 3.63) is 35.1 Å². The SMILES string of the molecule is CC(C)(C)OC(=O)NC[C@H]1CC[C@H](C(=O)N2CC(c3c(F)cccc3C(=O)O)[C@@H](C3CCCCC3)[C@@]2(C)C(N)=O)CC1. The van der Waals surface area contributed by atoms with Crippen LogP contribution in [0.1, 0.15) is 107 Å². The number of alkyl carbamates (subject to hydrolysis) is 1. The van der Waals surface area contributed by atoms with Crippen LogP contribution in [0, 0.1) is 29.5 Å². The summed E-state index contributed by atoms with van der Waals surface area (Å²) in [5.41, 5.74) is 4.06. The van der Waals surface area contributed by atoms with Gasteiger partial charge in [-0.15, -0.1) is 0 Å². The van der Waals surface area contributed by atoms with E-state index in [1.165, 1.54) is 18.2 Å². The third-order valence-corrected chi connectivity index (χ3v) is 9.73. The van der Waals surface area contributed by atoms with Crippen molar-refractivity contribution in [1.82, 2.24) is 10.2 Å². The highest BCUT2D eigenvalue weighted by atomic mass is 19.1. The van der Waals surface area contributed by atoms with Gasteiger partial charge in [0.25, 0.3) is 0 Å². The monoisotopic (exact) mass is 587 g/mol. The molecule has 9 nitrogen and oxygen atoms in total. The molecule has 1 unspecified atom stereocenters. The van der Waals surface area contributed by atoms with E-state index >= 15 is 4.39 Å². The van der Waals surface area contributed by atoms with E-state index in [4.69, 9.17) is 10.5 Å². The number of hydrogen-bond donors (Lipinski definition) is 3. The van der Waals surface area contributed by atoms with E-state index in [-0.39, 0.29) is 41.3 Å². The van der Waals surface area contributed by atoms with Gasteiger partial charge in [-0.05, 0) is 77.3 Å². The molecular formula is C32H46FN3O6. The molecule has 2 saturated carbocycles. The summed E-state index contributed by atoms with van der Waals surface area (Å²) in [6.45, 7) is 7.61. The second kappa shape index (κ2) is 12.6. The number of aromatic carboxylic acids is 1. The van der Waals surface area contributed by atoms with Gasteiger partial charge in [-0.2, -0.15) is 0 Å². The molecule has 0 aromatic heterocycles. The minimum absolute atomic E-state index is 0.00923. The average molecular weight is 588 g/mol. The molecule has 1 aromatic carbocycles. The van der Waals surface area contributed by atoms with Crippen LogP contribution in [0.5, 0.6) is 0 Å². The highest BCUT2D eigenvalue weighted by molar-refractivity contribution is 5.93. The molecule has 3 amide bonds. The van der Waals surface area contributed by atoms with Crippen LogP contribution in [0.3, 0.4) is 0 Å². The Morgan fingerprint density at radius 2 is 1.71 bits per heavy atom. The van der Waals surface area contributed by atoms with E-state index in [9.17, 15) is 24.3 Å². The van der Waals surface area contributed by atoms with Crippen LogP contribution in [0.4, 0.5) is 9.18 Å². The fourth-order valence-electron chi connectivity index (χ4n) is 7.72. The third kappa shape index (κ3) is 6.57. The molecule has 232 valence electrons. The number of ether oxygens (including phenoxy) is 1. The third-order valence-electron chi connectivity index (χ3n) is 9.73. The first-order valence-electron chi connectivity index (χ1n) is 15.3. The molecule has 3 atom stereocenters. The number of likely N-dealkylation sites (tertiary alicyclic amines) is 1. The zero-order valence-corrected chi connectivity index (χ0v) is 25.3. The second-order valence-electron chi connectivity index (χ2n) is 13.6. The van der Waals surface area contributed by atoms with Crippen molar-refractivity contribution in [2.75, 3.05) is 13.1 Å². The van der Waals surface area contributed by atoms with Gasteiger partial charge in [0.15, 0.2) is 0 Å². The van der Waals surface area contributed by atoms with Crippen LogP contribution >= 0.6 is 0 Å². The molecule has 0 bridgehead atoms. The van der Waals surface area contributed by atoms with Gasteiger partial charge >= 0.3 is 12.1 Å². The summed E-state index contributed by atoms with van der Waals surface area (Å²) in [5.74, 6) is -4.01. The van der Waals surface area contributed by atoms with Crippen molar-refractivity contribution in [3.63, 3.8) is 0 Å². The van der Waals surface area contributed by atoms with Crippen molar-refractivity contribution >= 4 is 23.9 Å². The molecule has 1 aromatic rings. The molecular weight excluding hydrogens is 541 g/mol. The number of carboxylic acid groups (broad SMARTS) is 1. The molecule has 0 radical (unpaired) electrons. The summed E-state index contributed by atoms with van der Waals surface area (Å²) in [5, 5.41) is 12.8. The Hall–Kier alpha value is -3.17. The summed E-state index contributed by atoms with van der Waals surface area (Å²) in [4.78, 5) is 53.3. The van der Waals surface area contributed by atoms with E-state index in [1.807, 2.05) is 0 Å². The van der Waals surface area contributed by atoms with Gasteiger partial charge in [0, 0.05) is 36.4 Å². The van der Waals surface area contributed by atoms with Crippen molar-refractivity contribution in [2.24, 2.45) is 29.4 Å². The Kier molecular flexibility index (Phi) is 9.52. The first-order valence-corrected chi connectivity index (χ1v) is 15.3. The summed E-state index contributed by atoms with van der Waals surface area (Å²) >= 11 is 0. The molecule has 1 aliphatic heterocycles. The fraction of sp³-hybridized carbons (Fsp3) is 0.688. The lowest BCUT2D eigenvalue weighted by atomic mass is 9.65. The number of hydrogen-bond acceptors (Lipinski definition) is 5. The van der Waals surface area contributed by atoms with Crippen LogP contribution in [-0.4, -0.2) is 58.1 Å². The smallest absolute Gasteiger partial charge is 0.407 e. The predicted octanol–water partition coefficient (Wildman–Crippen LogP) is 5.22. The van der Waals surface area contributed by atoms with E-state index in [2.05, 4.69) is 5.32 Å². The number of nitrogens with one attached hydrogen (secondary N) is 1. The molecule has 3 fully saturated rings. The minimum atomic E-state index is -1.38. The largest absolute Gasteiger partial charge is 0.478 e. The quantitative estimate of drug-likeness (QED) is 0.400. The molecule has 10 heteroatoms. The number of halogens is 1. The normalized spacial score (nSPS) is 28.7. The van der Waals surface area contributed by atoms with Gasteiger partial charge in [0.2, 0.25) is 11.8 Å².